The molecule has 0 saturated heterocycles. The highest BCUT2D eigenvalue weighted by Gasteiger charge is 2.09. The highest BCUT2D eigenvalue weighted by molar-refractivity contribution is 9.10. The van der Waals surface area contributed by atoms with E-state index in [9.17, 15) is 0 Å². The summed E-state index contributed by atoms with van der Waals surface area (Å²) in [6.07, 6.45) is 0. The number of hydrogen-bond donors (Lipinski definition) is 1. The van der Waals surface area contributed by atoms with Crippen LogP contribution in [0.4, 0.5) is 0 Å². The normalized spacial score (nSPS) is 13.3. The highest BCUT2D eigenvalue weighted by Crippen LogP contribution is 2.21. The fraction of sp³-hybridized carbons (Fsp3) is 0.455. The first kappa shape index (κ1) is 11.7. The molecule has 2 nitrogen and oxygen atoms in total. The van der Waals surface area contributed by atoms with E-state index in [1.807, 2.05) is 20.2 Å². The fourth-order valence-electron chi connectivity index (χ4n) is 1.50. The summed E-state index contributed by atoms with van der Waals surface area (Å²) in [5.74, 6) is 0. The molecule has 0 aromatic heterocycles. The highest BCUT2D eigenvalue weighted by atomic mass is 79.9. The van der Waals surface area contributed by atoms with Crippen LogP contribution in [-0.4, -0.2) is 25.5 Å². The van der Waals surface area contributed by atoms with Gasteiger partial charge in [-0.25, -0.2) is 0 Å². The molecule has 1 aromatic carbocycles. The van der Waals surface area contributed by atoms with Crippen molar-refractivity contribution < 1.29 is 0 Å². The van der Waals surface area contributed by atoms with Crippen molar-refractivity contribution in [1.29, 1.82) is 0 Å². The van der Waals surface area contributed by atoms with Gasteiger partial charge in [0.1, 0.15) is 0 Å². The molecule has 0 aliphatic heterocycles. The van der Waals surface area contributed by atoms with Crippen molar-refractivity contribution in [2.75, 3.05) is 20.6 Å². The molecule has 2 N–H and O–H groups in total. The van der Waals surface area contributed by atoms with Crippen molar-refractivity contribution in [3.8, 4) is 0 Å². The van der Waals surface area contributed by atoms with Crippen LogP contribution < -0.4 is 5.73 Å². The van der Waals surface area contributed by atoms with Crippen LogP contribution in [0.25, 0.3) is 0 Å². The molecule has 0 amide bonds. The minimum atomic E-state index is 0.0856. The van der Waals surface area contributed by atoms with Gasteiger partial charge in [0.25, 0.3) is 0 Å². The molecule has 78 valence electrons. The predicted molar refractivity (Wildman–Crippen MR) is 64.4 cm³/mol. The molecule has 1 rings (SSSR count). The van der Waals surface area contributed by atoms with Gasteiger partial charge in [0, 0.05) is 17.1 Å². The number of halogens is 1. The molecule has 0 spiro atoms. The summed E-state index contributed by atoms with van der Waals surface area (Å²) in [6.45, 7) is 2.97. The molecule has 1 unspecified atom stereocenters. The van der Waals surface area contributed by atoms with Gasteiger partial charge in [-0.05, 0) is 44.3 Å². The van der Waals surface area contributed by atoms with E-state index >= 15 is 0 Å². The summed E-state index contributed by atoms with van der Waals surface area (Å²) in [5, 5.41) is 0. The second-order valence-corrected chi connectivity index (χ2v) is 4.79. The van der Waals surface area contributed by atoms with E-state index in [1.54, 1.807) is 0 Å². The third kappa shape index (κ3) is 3.08. The average Bonchev–Trinajstić information content (AvgIpc) is 2.08. The molecular weight excluding hydrogens is 240 g/mol. The number of benzene rings is 1. The van der Waals surface area contributed by atoms with Crippen molar-refractivity contribution in [3.63, 3.8) is 0 Å². The van der Waals surface area contributed by atoms with Crippen molar-refractivity contribution in [2.24, 2.45) is 5.73 Å². The van der Waals surface area contributed by atoms with Crippen LogP contribution in [0.15, 0.2) is 22.7 Å². The second kappa shape index (κ2) is 4.91. The van der Waals surface area contributed by atoms with Crippen LogP contribution in [0.3, 0.4) is 0 Å². The van der Waals surface area contributed by atoms with Gasteiger partial charge in [-0.15, -0.1) is 0 Å². The number of rotatable bonds is 3. The summed E-state index contributed by atoms with van der Waals surface area (Å²) < 4.78 is 1.09. The summed E-state index contributed by atoms with van der Waals surface area (Å²) >= 11 is 3.46. The zero-order valence-electron chi connectivity index (χ0n) is 8.92. The predicted octanol–water partition coefficient (Wildman–Crippen LogP) is 2.32. The topological polar surface area (TPSA) is 29.3 Å². The van der Waals surface area contributed by atoms with Crippen molar-refractivity contribution in [1.82, 2.24) is 4.90 Å². The van der Waals surface area contributed by atoms with Crippen molar-refractivity contribution in [2.45, 2.75) is 13.0 Å². The van der Waals surface area contributed by atoms with Gasteiger partial charge in [-0.1, -0.05) is 22.0 Å². The van der Waals surface area contributed by atoms with Gasteiger partial charge >= 0.3 is 0 Å². The Kier molecular flexibility index (Phi) is 4.11. The zero-order valence-corrected chi connectivity index (χ0v) is 10.5. The van der Waals surface area contributed by atoms with Crippen LogP contribution in [-0.2, 0) is 0 Å². The Labute approximate surface area is 94.2 Å². The van der Waals surface area contributed by atoms with Crippen LogP contribution in [0, 0.1) is 6.92 Å². The standard InChI is InChI=1S/C11H17BrN2/c1-8-4-5-9(12)6-10(8)11(13)7-14(2)3/h4-6,11H,7,13H2,1-3H3. The summed E-state index contributed by atoms with van der Waals surface area (Å²) in [5.41, 5.74) is 8.57. The van der Waals surface area contributed by atoms with E-state index in [0.717, 1.165) is 11.0 Å². The quantitative estimate of drug-likeness (QED) is 0.900. The Morgan fingerprint density at radius 2 is 2.07 bits per heavy atom. The smallest absolute Gasteiger partial charge is 0.0427 e. The Bertz CT molecular complexity index is 310. The lowest BCUT2D eigenvalue weighted by Gasteiger charge is -2.19. The van der Waals surface area contributed by atoms with E-state index in [2.05, 4.69) is 39.9 Å². The third-order valence-corrected chi connectivity index (χ3v) is 2.70. The van der Waals surface area contributed by atoms with E-state index in [4.69, 9.17) is 5.73 Å². The summed E-state index contributed by atoms with van der Waals surface area (Å²) in [6, 6.07) is 6.32. The maximum Gasteiger partial charge on any atom is 0.0427 e. The lowest BCUT2D eigenvalue weighted by Crippen LogP contribution is -2.26. The SMILES string of the molecule is Cc1ccc(Br)cc1C(N)CN(C)C. The number of aryl methyl sites for hydroxylation is 1. The van der Waals surface area contributed by atoms with Gasteiger partial charge in [-0.2, -0.15) is 0 Å². The third-order valence-electron chi connectivity index (χ3n) is 2.20. The second-order valence-electron chi connectivity index (χ2n) is 3.87. The Morgan fingerprint density at radius 1 is 1.43 bits per heavy atom. The van der Waals surface area contributed by atoms with Gasteiger partial charge in [0.15, 0.2) is 0 Å². The molecule has 0 aliphatic carbocycles. The molecule has 1 aromatic rings. The lowest BCUT2D eigenvalue weighted by molar-refractivity contribution is 0.376. The molecule has 0 fully saturated rings. The first-order valence-electron chi connectivity index (χ1n) is 4.67. The molecule has 0 saturated carbocycles. The maximum atomic E-state index is 6.10. The van der Waals surface area contributed by atoms with E-state index < -0.39 is 0 Å². The van der Waals surface area contributed by atoms with Crippen LogP contribution in [0.2, 0.25) is 0 Å². The molecule has 0 bridgehead atoms. The van der Waals surface area contributed by atoms with Gasteiger partial charge in [-0.3, -0.25) is 0 Å². The fourth-order valence-corrected chi connectivity index (χ4v) is 1.88. The van der Waals surface area contributed by atoms with E-state index in [-0.39, 0.29) is 6.04 Å². The van der Waals surface area contributed by atoms with E-state index in [1.165, 1.54) is 11.1 Å². The minimum absolute atomic E-state index is 0.0856. The minimum Gasteiger partial charge on any atom is -0.323 e. The largest absolute Gasteiger partial charge is 0.323 e. The summed E-state index contributed by atoms with van der Waals surface area (Å²) in [4.78, 5) is 2.10. The Hall–Kier alpha value is -0.380. The Balaban J connectivity index is 2.88. The van der Waals surface area contributed by atoms with Gasteiger partial charge in [0.05, 0.1) is 0 Å². The molecule has 1 atom stereocenters. The molecule has 0 aliphatic rings. The molecule has 0 radical (unpaired) electrons. The van der Waals surface area contributed by atoms with Crippen molar-refractivity contribution >= 4 is 15.9 Å². The van der Waals surface area contributed by atoms with Gasteiger partial charge in [0.2, 0.25) is 0 Å². The van der Waals surface area contributed by atoms with Crippen LogP contribution in [0.5, 0.6) is 0 Å². The number of hydrogen-bond acceptors (Lipinski definition) is 2. The first-order chi connectivity index (χ1) is 6.50. The molecule has 0 heterocycles. The van der Waals surface area contributed by atoms with Crippen LogP contribution in [0.1, 0.15) is 17.2 Å². The number of nitrogens with zero attached hydrogens (tertiary/aromatic N) is 1. The molecule has 14 heavy (non-hydrogen) atoms. The van der Waals surface area contributed by atoms with Gasteiger partial charge < -0.3 is 10.6 Å². The van der Waals surface area contributed by atoms with Crippen molar-refractivity contribution in [3.05, 3.63) is 33.8 Å². The van der Waals surface area contributed by atoms with Crippen LogP contribution >= 0.6 is 15.9 Å². The van der Waals surface area contributed by atoms with E-state index in [0.29, 0.717) is 0 Å². The maximum absolute atomic E-state index is 6.10. The number of nitrogens with two attached hydrogens (primary N) is 1. The Morgan fingerprint density at radius 3 is 2.64 bits per heavy atom. The summed E-state index contributed by atoms with van der Waals surface area (Å²) in [7, 11) is 4.07. The zero-order chi connectivity index (χ0) is 10.7. The molecule has 3 heteroatoms. The monoisotopic (exact) mass is 256 g/mol. The number of likely N-dealkylation sites (N-methyl/N-ethyl adjacent to an activating group) is 1. The average molecular weight is 257 g/mol. The first-order valence-corrected chi connectivity index (χ1v) is 5.46. The lowest BCUT2D eigenvalue weighted by atomic mass is 10.0. The molecular formula is C11H17BrN2.